The van der Waals surface area contributed by atoms with Gasteiger partial charge >= 0.3 is 0 Å². The van der Waals surface area contributed by atoms with Crippen molar-refractivity contribution in [1.82, 2.24) is 15.1 Å². The first kappa shape index (κ1) is 12.0. The second-order valence-electron chi connectivity index (χ2n) is 4.31. The molecule has 0 spiro atoms. The summed E-state index contributed by atoms with van der Waals surface area (Å²) in [7, 11) is 0. The van der Waals surface area contributed by atoms with Gasteiger partial charge in [-0.2, -0.15) is 16.9 Å². The Bertz CT molecular complexity index is 305. The van der Waals surface area contributed by atoms with Crippen LogP contribution in [-0.2, 0) is 13.1 Å². The Morgan fingerprint density at radius 2 is 2.31 bits per heavy atom. The molecule has 1 aromatic rings. The minimum absolute atomic E-state index is 0.714. The third-order valence-electron chi connectivity index (χ3n) is 3.03. The minimum atomic E-state index is 0.714. The number of rotatable bonds is 5. The summed E-state index contributed by atoms with van der Waals surface area (Å²) in [5.41, 5.74) is 1.32. The molecule has 0 aromatic carbocycles. The van der Waals surface area contributed by atoms with E-state index in [9.17, 15) is 0 Å². The van der Waals surface area contributed by atoms with Crippen LogP contribution in [0.1, 0.15) is 31.9 Å². The maximum Gasteiger partial charge on any atom is 0.0522 e. The maximum absolute atomic E-state index is 4.34. The maximum atomic E-state index is 4.34. The van der Waals surface area contributed by atoms with E-state index >= 15 is 0 Å². The number of aryl methyl sites for hydroxylation is 1. The second kappa shape index (κ2) is 6.30. The van der Waals surface area contributed by atoms with Crippen molar-refractivity contribution in [3.63, 3.8) is 0 Å². The summed E-state index contributed by atoms with van der Waals surface area (Å²) in [5.74, 6) is 2.62. The van der Waals surface area contributed by atoms with Gasteiger partial charge in [0.25, 0.3) is 0 Å². The molecule has 1 fully saturated rings. The van der Waals surface area contributed by atoms with Crippen LogP contribution >= 0.6 is 11.8 Å². The predicted octanol–water partition coefficient (Wildman–Crippen LogP) is 2.28. The third kappa shape index (κ3) is 3.25. The van der Waals surface area contributed by atoms with E-state index in [-0.39, 0.29) is 0 Å². The zero-order chi connectivity index (χ0) is 11.2. The van der Waals surface area contributed by atoms with Crippen LogP contribution in [0.5, 0.6) is 0 Å². The summed E-state index contributed by atoms with van der Waals surface area (Å²) >= 11 is 2.08. The lowest BCUT2D eigenvalue weighted by atomic mass is 10.1. The monoisotopic (exact) mass is 239 g/mol. The average molecular weight is 239 g/mol. The Kier molecular flexibility index (Phi) is 4.72. The summed E-state index contributed by atoms with van der Waals surface area (Å²) in [6.45, 7) is 4.19. The molecule has 0 aliphatic carbocycles. The van der Waals surface area contributed by atoms with Crippen molar-refractivity contribution < 1.29 is 0 Å². The van der Waals surface area contributed by atoms with E-state index < -0.39 is 0 Å². The Labute approximate surface area is 102 Å². The van der Waals surface area contributed by atoms with Crippen LogP contribution in [-0.4, -0.2) is 27.3 Å². The fourth-order valence-electron chi connectivity index (χ4n) is 2.07. The lowest BCUT2D eigenvalue weighted by Gasteiger charge is -2.22. The van der Waals surface area contributed by atoms with Crippen molar-refractivity contribution >= 4 is 11.8 Å². The molecular formula is C12H21N3S. The van der Waals surface area contributed by atoms with Crippen LogP contribution in [0.15, 0.2) is 12.3 Å². The largest absolute Gasteiger partial charge is 0.308 e. The Balaban J connectivity index is 1.81. The summed E-state index contributed by atoms with van der Waals surface area (Å²) in [4.78, 5) is 0. The van der Waals surface area contributed by atoms with Gasteiger partial charge in [-0.05, 0) is 36.8 Å². The molecule has 0 bridgehead atoms. The zero-order valence-corrected chi connectivity index (χ0v) is 10.8. The van der Waals surface area contributed by atoms with E-state index in [0.29, 0.717) is 6.04 Å². The highest BCUT2D eigenvalue weighted by Crippen LogP contribution is 2.17. The lowest BCUT2D eigenvalue weighted by Crippen LogP contribution is -2.32. The molecule has 0 saturated carbocycles. The van der Waals surface area contributed by atoms with Gasteiger partial charge in [-0.1, -0.05) is 6.92 Å². The molecule has 0 unspecified atom stereocenters. The molecular weight excluding hydrogens is 218 g/mol. The summed E-state index contributed by atoms with van der Waals surface area (Å²) in [5, 5.41) is 7.99. The highest BCUT2D eigenvalue weighted by molar-refractivity contribution is 7.99. The second-order valence-corrected chi connectivity index (χ2v) is 5.54. The van der Waals surface area contributed by atoms with E-state index in [0.717, 1.165) is 19.5 Å². The smallest absolute Gasteiger partial charge is 0.0522 e. The van der Waals surface area contributed by atoms with Crippen molar-refractivity contribution in [2.75, 3.05) is 11.5 Å². The van der Waals surface area contributed by atoms with E-state index in [2.05, 4.69) is 39.8 Å². The normalized spacial score (nSPS) is 17.8. The number of aromatic nitrogens is 2. The Morgan fingerprint density at radius 1 is 1.50 bits per heavy atom. The molecule has 4 heteroatoms. The van der Waals surface area contributed by atoms with Crippen LogP contribution in [0.2, 0.25) is 0 Å². The number of nitrogens with one attached hydrogen (secondary N) is 1. The van der Waals surface area contributed by atoms with Gasteiger partial charge in [0.1, 0.15) is 0 Å². The van der Waals surface area contributed by atoms with Gasteiger partial charge in [0.2, 0.25) is 0 Å². The van der Waals surface area contributed by atoms with Crippen molar-refractivity contribution in [1.29, 1.82) is 0 Å². The van der Waals surface area contributed by atoms with Gasteiger partial charge in [0.15, 0.2) is 0 Å². The van der Waals surface area contributed by atoms with Crippen LogP contribution in [0.25, 0.3) is 0 Å². The molecule has 1 aliphatic heterocycles. The van der Waals surface area contributed by atoms with E-state index in [1.165, 1.54) is 30.0 Å². The fraction of sp³-hybridized carbons (Fsp3) is 0.750. The van der Waals surface area contributed by atoms with Gasteiger partial charge in [-0.3, -0.25) is 4.68 Å². The predicted molar refractivity (Wildman–Crippen MR) is 69.7 cm³/mol. The summed E-state index contributed by atoms with van der Waals surface area (Å²) in [6.07, 6.45) is 5.68. The molecule has 0 radical (unpaired) electrons. The first-order chi connectivity index (χ1) is 7.90. The molecule has 16 heavy (non-hydrogen) atoms. The van der Waals surface area contributed by atoms with E-state index in [4.69, 9.17) is 0 Å². The standard InChI is InChI=1S/C12H21N3S/c1-2-7-15-12(3-6-14-15)10-13-11-4-8-16-9-5-11/h3,6,11,13H,2,4-5,7-10H2,1H3. The van der Waals surface area contributed by atoms with Gasteiger partial charge in [0.05, 0.1) is 5.69 Å². The quantitative estimate of drug-likeness (QED) is 0.855. The summed E-state index contributed by atoms with van der Waals surface area (Å²) < 4.78 is 2.12. The van der Waals surface area contributed by atoms with Crippen molar-refractivity contribution in [2.45, 2.75) is 45.3 Å². The SMILES string of the molecule is CCCn1nccc1CNC1CCSCC1. The Morgan fingerprint density at radius 3 is 3.06 bits per heavy atom. The fourth-order valence-corrected chi connectivity index (χ4v) is 3.18. The van der Waals surface area contributed by atoms with Crippen LogP contribution in [0.3, 0.4) is 0 Å². The minimum Gasteiger partial charge on any atom is -0.308 e. The van der Waals surface area contributed by atoms with Crippen molar-refractivity contribution in [2.24, 2.45) is 0 Å². The lowest BCUT2D eigenvalue weighted by molar-refractivity contribution is 0.461. The molecule has 0 amide bonds. The van der Waals surface area contributed by atoms with Crippen molar-refractivity contribution in [3.05, 3.63) is 18.0 Å². The number of nitrogens with zero attached hydrogens (tertiary/aromatic N) is 2. The van der Waals surface area contributed by atoms with Gasteiger partial charge < -0.3 is 5.32 Å². The molecule has 90 valence electrons. The van der Waals surface area contributed by atoms with Crippen molar-refractivity contribution in [3.8, 4) is 0 Å². The first-order valence-corrected chi connectivity index (χ1v) is 7.37. The zero-order valence-electron chi connectivity index (χ0n) is 9.98. The molecule has 2 rings (SSSR count). The average Bonchev–Trinajstić information content (AvgIpc) is 2.76. The molecule has 3 nitrogen and oxygen atoms in total. The highest BCUT2D eigenvalue weighted by atomic mass is 32.2. The number of thioether (sulfide) groups is 1. The highest BCUT2D eigenvalue weighted by Gasteiger charge is 2.13. The van der Waals surface area contributed by atoms with E-state index in [1.807, 2.05) is 6.20 Å². The van der Waals surface area contributed by atoms with Crippen LogP contribution in [0, 0.1) is 0 Å². The molecule has 1 saturated heterocycles. The molecule has 1 aliphatic rings. The number of hydrogen-bond acceptors (Lipinski definition) is 3. The molecule has 1 aromatic heterocycles. The van der Waals surface area contributed by atoms with Crippen LogP contribution in [0.4, 0.5) is 0 Å². The number of hydrogen-bond donors (Lipinski definition) is 1. The topological polar surface area (TPSA) is 29.9 Å². The molecule has 0 atom stereocenters. The van der Waals surface area contributed by atoms with E-state index in [1.54, 1.807) is 0 Å². The summed E-state index contributed by atoms with van der Waals surface area (Å²) in [6, 6.07) is 2.84. The third-order valence-corrected chi connectivity index (χ3v) is 4.08. The molecule has 2 heterocycles. The van der Waals surface area contributed by atoms with Crippen LogP contribution < -0.4 is 5.32 Å². The van der Waals surface area contributed by atoms with Gasteiger partial charge in [-0.15, -0.1) is 0 Å². The van der Waals surface area contributed by atoms with Gasteiger partial charge in [-0.25, -0.2) is 0 Å². The molecule has 1 N–H and O–H groups in total. The first-order valence-electron chi connectivity index (χ1n) is 6.22. The van der Waals surface area contributed by atoms with Gasteiger partial charge in [0, 0.05) is 25.3 Å². The Hall–Kier alpha value is -0.480.